The molecule has 0 bridgehead atoms. The summed E-state index contributed by atoms with van der Waals surface area (Å²) in [6.45, 7) is 5.36. The van der Waals surface area contributed by atoms with Gasteiger partial charge in [0.05, 0.1) is 12.3 Å². The molecule has 7 nitrogen and oxygen atoms in total. The average Bonchev–Trinajstić information content (AvgIpc) is 3.38. The van der Waals surface area contributed by atoms with Crippen molar-refractivity contribution in [2.24, 2.45) is 0 Å². The molecule has 182 valence electrons. The number of likely N-dealkylation sites (tertiary alicyclic amines) is 1. The van der Waals surface area contributed by atoms with Crippen molar-refractivity contribution in [1.29, 1.82) is 0 Å². The van der Waals surface area contributed by atoms with Crippen LogP contribution < -0.4 is 19.7 Å². The van der Waals surface area contributed by atoms with Gasteiger partial charge in [-0.15, -0.1) is 0 Å². The summed E-state index contributed by atoms with van der Waals surface area (Å²) in [7, 11) is 0. The SMILES string of the molecule is CCOc1cc(C(=O)Nc2ccc(N3CCCC3)c(F)c2)ccc1OCC(=O)N1CCCCC1. The molecule has 0 aromatic heterocycles. The number of rotatable bonds is 8. The highest BCUT2D eigenvalue weighted by Crippen LogP contribution is 2.30. The maximum Gasteiger partial charge on any atom is 0.260 e. The number of carbonyl (C=O) groups is 2. The Hall–Kier alpha value is -3.29. The zero-order valence-electron chi connectivity index (χ0n) is 19.6. The van der Waals surface area contributed by atoms with Crippen LogP contribution in [0, 0.1) is 5.82 Å². The van der Waals surface area contributed by atoms with Crippen molar-refractivity contribution < 1.29 is 23.5 Å². The van der Waals surface area contributed by atoms with Crippen LogP contribution in [0.5, 0.6) is 11.5 Å². The molecule has 0 aliphatic carbocycles. The minimum atomic E-state index is -0.384. The second-order valence-electron chi connectivity index (χ2n) is 8.64. The van der Waals surface area contributed by atoms with Crippen LogP contribution in [0.4, 0.5) is 15.8 Å². The number of nitrogens with one attached hydrogen (secondary N) is 1. The topological polar surface area (TPSA) is 71.1 Å². The van der Waals surface area contributed by atoms with E-state index in [2.05, 4.69) is 5.32 Å². The third-order valence-electron chi connectivity index (χ3n) is 6.22. The lowest BCUT2D eigenvalue weighted by atomic mass is 10.1. The van der Waals surface area contributed by atoms with Gasteiger partial charge < -0.3 is 24.6 Å². The fraction of sp³-hybridized carbons (Fsp3) is 0.462. The summed E-state index contributed by atoms with van der Waals surface area (Å²) < 4.78 is 26.0. The molecule has 34 heavy (non-hydrogen) atoms. The smallest absolute Gasteiger partial charge is 0.260 e. The van der Waals surface area contributed by atoms with E-state index < -0.39 is 0 Å². The van der Waals surface area contributed by atoms with E-state index in [4.69, 9.17) is 9.47 Å². The fourth-order valence-electron chi connectivity index (χ4n) is 4.41. The van der Waals surface area contributed by atoms with Crippen molar-refractivity contribution in [3.63, 3.8) is 0 Å². The molecule has 0 spiro atoms. The highest BCUT2D eigenvalue weighted by atomic mass is 19.1. The van der Waals surface area contributed by atoms with Gasteiger partial charge in [-0.3, -0.25) is 9.59 Å². The summed E-state index contributed by atoms with van der Waals surface area (Å²) in [6.07, 6.45) is 5.31. The van der Waals surface area contributed by atoms with Gasteiger partial charge in [0.2, 0.25) is 0 Å². The van der Waals surface area contributed by atoms with Crippen molar-refractivity contribution in [3.8, 4) is 11.5 Å². The van der Waals surface area contributed by atoms with Gasteiger partial charge in [-0.1, -0.05) is 0 Å². The van der Waals surface area contributed by atoms with Crippen molar-refractivity contribution in [1.82, 2.24) is 4.90 Å². The number of anilines is 2. The minimum Gasteiger partial charge on any atom is -0.490 e. The van der Waals surface area contributed by atoms with Crippen LogP contribution in [0.15, 0.2) is 36.4 Å². The van der Waals surface area contributed by atoms with Gasteiger partial charge >= 0.3 is 0 Å². The molecule has 0 radical (unpaired) electrons. The predicted octanol–water partition coefficient (Wildman–Crippen LogP) is 4.47. The molecule has 2 aromatic carbocycles. The zero-order chi connectivity index (χ0) is 23.9. The third-order valence-corrected chi connectivity index (χ3v) is 6.22. The van der Waals surface area contributed by atoms with E-state index in [9.17, 15) is 14.0 Å². The van der Waals surface area contributed by atoms with E-state index in [1.54, 1.807) is 30.3 Å². The Bertz CT molecular complexity index is 1020. The summed E-state index contributed by atoms with van der Waals surface area (Å²) in [5.74, 6) is 0.00680. The molecule has 2 heterocycles. The first kappa shape index (κ1) is 23.9. The summed E-state index contributed by atoms with van der Waals surface area (Å²) in [4.78, 5) is 29.1. The highest BCUT2D eigenvalue weighted by molar-refractivity contribution is 6.04. The first-order valence-electron chi connectivity index (χ1n) is 12.1. The second-order valence-corrected chi connectivity index (χ2v) is 8.64. The molecule has 2 aromatic rings. The van der Waals surface area contributed by atoms with E-state index >= 15 is 0 Å². The van der Waals surface area contributed by atoms with Crippen LogP contribution in [0.1, 0.15) is 49.4 Å². The van der Waals surface area contributed by atoms with Gasteiger partial charge in [0.25, 0.3) is 11.8 Å². The lowest BCUT2D eigenvalue weighted by Crippen LogP contribution is -2.38. The Morgan fingerprint density at radius 2 is 1.65 bits per heavy atom. The van der Waals surface area contributed by atoms with Crippen LogP contribution in [-0.2, 0) is 4.79 Å². The van der Waals surface area contributed by atoms with E-state index in [1.165, 1.54) is 6.07 Å². The summed E-state index contributed by atoms with van der Waals surface area (Å²) >= 11 is 0. The van der Waals surface area contributed by atoms with Crippen LogP contribution in [0.3, 0.4) is 0 Å². The first-order valence-corrected chi connectivity index (χ1v) is 12.1. The van der Waals surface area contributed by atoms with Crippen LogP contribution in [-0.4, -0.2) is 56.1 Å². The van der Waals surface area contributed by atoms with Crippen molar-refractivity contribution in [2.45, 2.75) is 39.0 Å². The molecule has 0 unspecified atom stereocenters. The van der Waals surface area contributed by atoms with E-state index in [-0.39, 0.29) is 24.2 Å². The monoisotopic (exact) mass is 469 g/mol. The van der Waals surface area contributed by atoms with Crippen molar-refractivity contribution >= 4 is 23.2 Å². The number of ether oxygens (including phenoxy) is 2. The molecule has 4 rings (SSSR count). The quantitative estimate of drug-likeness (QED) is 0.618. The number of benzene rings is 2. The van der Waals surface area contributed by atoms with Gasteiger partial charge in [0, 0.05) is 37.4 Å². The third kappa shape index (κ3) is 5.79. The number of carbonyl (C=O) groups excluding carboxylic acids is 2. The number of hydrogen-bond donors (Lipinski definition) is 1. The normalized spacial score (nSPS) is 15.8. The van der Waals surface area contributed by atoms with Gasteiger partial charge in [-0.25, -0.2) is 4.39 Å². The molecule has 0 saturated carbocycles. The van der Waals surface area contributed by atoms with Crippen molar-refractivity contribution in [3.05, 3.63) is 47.8 Å². The molecule has 8 heteroatoms. The maximum atomic E-state index is 14.6. The van der Waals surface area contributed by atoms with Crippen molar-refractivity contribution in [2.75, 3.05) is 49.6 Å². The van der Waals surface area contributed by atoms with E-state index in [0.29, 0.717) is 35.0 Å². The molecule has 2 fully saturated rings. The number of halogens is 1. The Balaban J connectivity index is 1.41. The fourth-order valence-corrected chi connectivity index (χ4v) is 4.41. The lowest BCUT2D eigenvalue weighted by molar-refractivity contribution is -0.134. The van der Waals surface area contributed by atoms with Gasteiger partial charge in [-0.05, 0) is 75.4 Å². The molecule has 2 saturated heterocycles. The molecule has 0 atom stereocenters. The number of hydrogen-bond acceptors (Lipinski definition) is 5. The summed E-state index contributed by atoms with van der Waals surface area (Å²) in [5.41, 5.74) is 1.30. The maximum absolute atomic E-state index is 14.6. The number of nitrogens with zero attached hydrogens (tertiary/aromatic N) is 2. The number of piperidine rings is 1. The Morgan fingerprint density at radius 3 is 2.35 bits per heavy atom. The second kappa shape index (κ2) is 11.2. The van der Waals surface area contributed by atoms with Gasteiger partial charge in [0.1, 0.15) is 5.82 Å². The molecule has 2 aliphatic heterocycles. The Morgan fingerprint density at radius 1 is 0.912 bits per heavy atom. The highest BCUT2D eigenvalue weighted by Gasteiger charge is 2.19. The summed E-state index contributed by atoms with van der Waals surface area (Å²) in [6, 6.07) is 9.57. The lowest BCUT2D eigenvalue weighted by Gasteiger charge is -2.26. The van der Waals surface area contributed by atoms with E-state index in [0.717, 1.165) is 58.3 Å². The Labute approximate surface area is 199 Å². The molecule has 1 N–H and O–H groups in total. The predicted molar refractivity (Wildman–Crippen MR) is 129 cm³/mol. The first-order chi connectivity index (χ1) is 16.5. The molecular weight excluding hydrogens is 437 g/mol. The minimum absolute atomic E-state index is 0.0524. The molecule has 2 amide bonds. The molecule has 2 aliphatic rings. The average molecular weight is 470 g/mol. The van der Waals surface area contributed by atoms with E-state index in [1.807, 2.05) is 16.7 Å². The zero-order valence-corrected chi connectivity index (χ0v) is 19.6. The summed E-state index contributed by atoms with van der Waals surface area (Å²) in [5, 5.41) is 2.74. The van der Waals surface area contributed by atoms with Crippen LogP contribution >= 0.6 is 0 Å². The van der Waals surface area contributed by atoms with Gasteiger partial charge in [-0.2, -0.15) is 0 Å². The van der Waals surface area contributed by atoms with Crippen LogP contribution in [0.25, 0.3) is 0 Å². The Kier molecular flexibility index (Phi) is 7.87. The molecular formula is C26H32FN3O4. The standard InChI is InChI=1S/C26H32FN3O4/c1-2-33-24-16-19(8-11-23(24)34-18-25(31)30-14-4-3-5-15-30)26(32)28-20-9-10-22(21(27)17-20)29-12-6-7-13-29/h8-11,16-17H,2-7,12-15,18H2,1H3,(H,28,32). The van der Waals surface area contributed by atoms with Crippen LogP contribution in [0.2, 0.25) is 0 Å². The van der Waals surface area contributed by atoms with Gasteiger partial charge in [0.15, 0.2) is 18.1 Å². The number of amides is 2. The largest absolute Gasteiger partial charge is 0.490 e.